The standard InChI is InChI=1S/C25H25NO3/c1-5-26-15-13-18-8-6-17(16-21(18)26)7-10-22(27)19-9-11-23(28-4)20-12-14-25(2,3)29-24(19)20/h6-16H,5H2,1-4H3/b10-7+. The van der Waals surface area contributed by atoms with Crippen LogP contribution in [0.2, 0.25) is 0 Å². The fourth-order valence-corrected chi connectivity index (χ4v) is 3.64. The fourth-order valence-electron chi connectivity index (χ4n) is 3.64. The van der Waals surface area contributed by atoms with Crippen LogP contribution in [-0.4, -0.2) is 23.1 Å². The number of fused-ring (bicyclic) bond motifs is 2. The highest BCUT2D eigenvalue weighted by Gasteiger charge is 2.27. The summed E-state index contributed by atoms with van der Waals surface area (Å²) < 4.78 is 13.7. The average Bonchev–Trinajstić information content (AvgIpc) is 3.12. The van der Waals surface area contributed by atoms with E-state index >= 15 is 0 Å². The lowest BCUT2D eigenvalue weighted by molar-refractivity contribution is 0.103. The number of carbonyl (C=O) groups is 1. The summed E-state index contributed by atoms with van der Waals surface area (Å²) in [7, 11) is 1.62. The third-order valence-corrected chi connectivity index (χ3v) is 5.22. The maximum atomic E-state index is 13.0. The van der Waals surface area contributed by atoms with Gasteiger partial charge in [-0.3, -0.25) is 4.79 Å². The number of ketones is 1. The lowest BCUT2D eigenvalue weighted by Gasteiger charge is -2.29. The van der Waals surface area contributed by atoms with Gasteiger partial charge in [-0.05, 0) is 74.2 Å². The highest BCUT2D eigenvalue weighted by atomic mass is 16.5. The molecular weight excluding hydrogens is 362 g/mol. The zero-order valence-electron chi connectivity index (χ0n) is 17.2. The molecule has 0 aliphatic carbocycles. The first-order valence-electron chi connectivity index (χ1n) is 9.82. The van der Waals surface area contributed by atoms with Crippen molar-refractivity contribution in [1.29, 1.82) is 0 Å². The Kier molecular flexibility index (Phi) is 4.79. The molecule has 148 valence electrons. The van der Waals surface area contributed by atoms with Crippen LogP contribution in [0.25, 0.3) is 23.1 Å². The van der Waals surface area contributed by atoms with Crippen LogP contribution in [0.5, 0.6) is 11.5 Å². The van der Waals surface area contributed by atoms with Crippen LogP contribution < -0.4 is 9.47 Å². The summed E-state index contributed by atoms with van der Waals surface area (Å²) >= 11 is 0. The summed E-state index contributed by atoms with van der Waals surface area (Å²) in [6, 6.07) is 11.9. The van der Waals surface area contributed by atoms with Gasteiger partial charge in [-0.1, -0.05) is 18.2 Å². The quantitative estimate of drug-likeness (QED) is 0.413. The smallest absolute Gasteiger partial charge is 0.189 e. The van der Waals surface area contributed by atoms with Gasteiger partial charge in [0.05, 0.1) is 18.2 Å². The van der Waals surface area contributed by atoms with Gasteiger partial charge in [-0.2, -0.15) is 0 Å². The van der Waals surface area contributed by atoms with Crippen molar-refractivity contribution in [1.82, 2.24) is 4.57 Å². The largest absolute Gasteiger partial charge is 0.496 e. The maximum Gasteiger partial charge on any atom is 0.189 e. The molecular formula is C25H25NO3. The number of allylic oxidation sites excluding steroid dienone is 1. The van der Waals surface area contributed by atoms with Crippen LogP contribution in [0.4, 0.5) is 0 Å². The number of rotatable bonds is 5. The molecule has 0 amide bonds. The molecule has 0 saturated carbocycles. The Morgan fingerprint density at radius 2 is 2.03 bits per heavy atom. The third-order valence-electron chi connectivity index (χ3n) is 5.22. The molecule has 29 heavy (non-hydrogen) atoms. The van der Waals surface area contributed by atoms with Gasteiger partial charge in [-0.15, -0.1) is 0 Å². The number of hydrogen-bond acceptors (Lipinski definition) is 3. The van der Waals surface area contributed by atoms with Crippen molar-refractivity contribution in [2.45, 2.75) is 32.9 Å². The highest BCUT2D eigenvalue weighted by molar-refractivity contribution is 6.09. The Morgan fingerprint density at radius 1 is 1.21 bits per heavy atom. The molecule has 4 rings (SSSR count). The van der Waals surface area contributed by atoms with Gasteiger partial charge >= 0.3 is 0 Å². The molecule has 0 saturated heterocycles. The van der Waals surface area contributed by atoms with Crippen molar-refractivity contribution in [2.24, 2.45) is 0 Å². The first-order valence-corrected chi connectivity index (χ1v) is 9.82. The van der Waals surface area contributed by atoms with Crippen LogP contribution in [0.1, 0.15) is 42.3 Å². The number of benzene rings is 2. The van der Waals surface area contributed by atoms with Crippen molar-refractivity contribution >= 4 is 28.8 Å². The predicted molar refractivity (Wildman–Crippen MR) is 118 cm³/mol. The van der Waals surface area contributed by atoms with E-state index in [9.17, 15) is 4.79 Å². The van der Waals surface area contributed by atoms with Gasteiger partial charge in [0.25, 0.3) is 0 Å². The predicted octanol–water partition coefficient (Wildman–Crippen LogP) is 5.75. The third kappa shape index (κ3) is 3.58. The molecule has 0 atom stereocenters. The summed E-state index contributed by atoms with van der Waals surface area (Å²) in [6.45, 7) is 6.96. The molecule has 0 bridgehead atoms. The minimum Gasteiger partial charge on any atom is -0.496 e. The molecule has 0 fully saturated rings. The summed E-state index contributed by atoms with van der Waals surface area (Å²) in [5.74, 6) is 1.17. The van der Waals surface area contributed by atoms with Crippen LogP contribution in [0.3, 0.4) is 0 Å². The van der Waals surface area contributed by atoms with Gasteiger partial charge in [0.15, 0.2) is 5.78 Å². The van der Waals surface area contributed by atoms with E-state index in [1.807, 2.05) is 44.2 Å². The second-order valence-electron chi connectivity index (χ2n) is 7.71. The molecule has 1 aliphatic rings. The first-order chi connectivity index (χ1) is 13.9. The maximum absolute atomic E-state index is 13.0. The molecule has 2 aromatic carbocycles. The van der Waals surface area contributed by atoms with Crippen LogP contribution >= 0.6 is 0 Å². The number of aryl methyl sites for hydroxylation is 1. The lowest BCUT2D eigenvalue weighted by atomic mass is 9.97. The van der Waals surface area contributed by atoms with Crippen molar-refractivity contribution in [3.8, 4) is 11.5 Å². The van der Waals surface area contributed by atoms with E-state index in [-0.39, 0.29) is 5.78 Å². The van der Waals surface area contributed by atoms with Crippen molar-refractivity contribution in [3.05, 3.63) is 71.4 Å². The Bertz CT molecular complexity index is 1150. The molecule has 1 aromatic heterocycles. The van der Waals surface area contributed by atoms with E-state index in [0.717, 1.165) is 17.7 Å². The zero-order chi connectivity index (χ0) is 20.6. The summed E-state index contributed by atoms with van der Waals surface area (Å²) in [6.07, 6.45) is 9.48. The average molecular weight is 387 g/mol. The lowest BCUT2D eigenvalue weighted by Crippen LogP contribution is -2.28. The van der Waals surface area contributed by atoms with Crippen LogP contribution in [-0.2, 0) is 6.54 Å². The number of carbonyl (C=O) groups excluding carboxylic acids is 1. The highest BCUT2D eigenvalue weighted by Crippen LogP contribution is 2.40. The van der Waals surface area contributed by atoms with E-state index in [2.05, 4.69) is 35.9 Å². The monoisotopic (exact) mass is 387 g/mol. The normalized spacial score (nSPS) is 14.8. The molecule has 2 heterocycles. The SMILES string of the molecule is CCn1ccc2ccc(/C=C/C(=O)c3ccc(OC)c4c3OC(C)(C)C=C4)cc21. The molecule has 0 spiro atoms. The van der Waals surface area contributed by atoms with Gasteiger partial charge in [-0.25, -0.2) is 0 Å². The summed E-state index contributed by atoms with van der Waals surface area (Å²) in [5.41, 5.74) is 3.01. The second kappa shape index (κ2) is 7.28. The van der Waals surface area contributed by atoms with Gasteiger partial charge in [0, 0.05) is 18.3 Å². The van der Waals surface area contributed by atoms with E-state index in [1.54, 1.807) is 19.3 Å². The molecule has 0 N–H and O–H groups in total. The molecule has 4 nitrogen and oxygen atoms in total. The minimum atomic E-state index is -0.477. The Morgan fingerprint density at radius 3 is 2.79 bits per heavy atom. The van der Waals surface area contributed by atoms with Crippen molar-refractivity contribution in [3.63, 3.8) is 0 Å². The fraction of sp³-hybridized carbons (Fsp3) is 0.240. The van der Waals surface area contributed by atoms with E-state index in [0.29, 0.717) is 17.1 Å². The van der Waals surface area contributed by atoms with Gasteiger partial charge in [0.2, 0.25) is 0 Å². The zero-order valence-corrected chi connectivity index (χ0v) is 17.2. The van der Waals surface area contributed by atoms with Gasteiger partial charge in [0.1, 0.15) is 17.1 Å². The molecule has 3 aromatic rings. The number of hydrogen-bond donors (Lipinski definition) is 0. The van der Waals surface area contributed by atoms with Crippen LogP contribution in [0.15, 0.2) is 54.7 Å². The molecule has 0 unspecified atom stereocenters. The van der Waals surface area contributed by atoms with Crippen molar-refractivity contribution < 1.29 is 14.3 Å². The number of nitrogens with zero attached hydrogens (tertiary/aromatic N) is 1. The van der Waals surface area contributed by atoms with Crippen molar-refractivity contribution in [2.75, 3.05) is 7.11 Å². The Labute approximate surface area is 171 Å². The van der Waals surface area contributed by atoms with Crippen LogP contribution in [0, 0.1) is 0 Å². The second-order valence-corrected chi connectivity index (χ2v) is 7.71. The minimum absolute atomic E-state index is 0.0963. The molecule has 0 radical (unpaired) electrons. The topological polar surface area (TPSA) is 40.5 Å². The molecule has 4 heteroatoms. The number of aromatic nitrogens is 1. The summed E-state index contributed by atoms with van der Waals surface area (Å²) in [5, 5.41) is 1.20. The first kappa shape index (κ1) is 19.1. The Balaban J connectivity index is 1.68. The Hall–Kier alpha value is -3.27. The van der Waals surface area contributed by atoms with E-state index < -0.39 is 5.60 Å². The summed E-state index contributed by atoms with van der Waals surface area (Å²) in [4.78, 5) is 13.0. The number of ether oxygens (including phenoxy) is 2. The van der Waals surface area contributed by atoms with E-state index in [4.69, 9.17) is 9.47 Å². The van der Waals surface area contributed by atoms with E-state index in [1.165, 1.54) is 10.9 Å². The number of methoxy groups -OCH3 is 1. The molecule has 1 aliphatic heterocycles. The van der Waals surface area contributed by atoms with Gasteiger partial charge < -0.3 is 14.0 Å².